The Labute approximate surface area is 406 Å². The van der Waals surface area contributed by atoms with Gasteiger partial charge in [0.05, 0.1) is 19.8 Å². The average molecular weight is 965 g/mol. The van der Waals surface area contributed by atoms with Crippen LogP contribution in [-0.2, 0) is 38.0 Å². The number of hydrogen-bond donors (Lipinski definition) is 7. The molecule has 0 aromatic heterocycles. The summed E-state index contributed by atoms with van der Waals surface area (Å²) in [6.07, 6.45) is 29.2. The van der Waals surface area contributed by atoms with Crippen LogP contribution in [0.15, 0.2) is 72.9 Å². The van der Waals surface area contributed by atoms with Gasteiger partial charge in [0.25, 0.3) is 0 Å². The van der Waals surface area contributed by atoms with Crippen LogP contribution in [0.4, 0.5) is 0 Å². The molecule has 2 aliphatic heterocycles. The van der Waals surface area contributed by atoms with Gasteiger partial charge in [-0.25, -0.2) is 0 Å². The number of aliphatic hydroxyl groups excluding tert-OH is 7. The van der Waals surface area contributed by atoms with Crippen LogP contribution in [0.25, 0.3) is 0 Å². The van der Waals surface area contributed by atoms with Crippen molar-refractivity contribution in [2.75, 3.05) is 26.4 Å². The largest absolute Gasteiger partial charge is 0.462 e. The normalized spacial score (nSPS) is 26.4. The van der Waals surface area contributed by atoms with Crippen molar-refractivity contribution in [3.05, 3.63) is 72.9 Å². The van der Waals surface area contributed by atoms with Crippen LogP contribution in [-0.4, -0.2) is 142 Å². The highest BCUT2D eigenvalue weighted by Gasteiger charge is 2.47. The molecule has 0 saturated carbocycles. The van der Waals surface area contributed by atoms with E-state index in [-0.39, 0.29) is 19.4 Å². The SMILES string of the molecule is CC/C=C/C/C=C/C/C=C/CCCCCCCC(=O)O[C@@H](COC(=O)CCCCCC/C=C/C/C=C/C/C=C/CCCCC)CO[C@@H]1O[C@H](CO[C@@H]2O[C@H](CO)[C@H](O)C(O)C2O)[C@H](O)C(O)C1O. The van der Waals surface area contributed by atoms with Gasteiger partial charge >= 0.3 is 11.9 Å². The highest BCUT2D eigenvalue weighted by atomic mass is 16.7. The second-order valence-corrected chi connectivity index (χ2v) is 17.6. The standard InChI is InChI=1S/C53H88O15/c1-3-5-7-9-11-13-15-17-19-20-22-23-25-27-29-31-33-35-44(55)63-38-41(66-45(56)36-34-32-30-28-26-24-21-18-16-14-12-10-8-6-4-2)39-64-52-51(62)49(60)47(58)43(68-52)40-65-53-50(61)48(59)46(57)42(37-54)67-53/h6,8,11-14,17-19,21-23,41-43,46-54,57-62H,3-5,7,9-10,15-16,20,24-40H2,1-2H3/b8-6+,13-11+,14-12+,19-17+,21-18+,23-22+/t41-,42+,43+,46-,47-,48?,49?,50?,51?,52+,53+/m0/s1. The van der Waals surface area contributed by atoms with E-state index in [0.29, 0.717) is 12.8 Å². The second kappa shape index (κ2) is 39.6. The highest BCUT2D eigenvalue weighted by molar-refractivity contribution is 5.70. The summed E-state index contributed by atoms with van der Waals surface area (Å²) in [6.45, 7) is 2.39. The van der Waals surface area contributed by atoms with Gasteiger partial charge in [0, 0.05) is 12.8 Å². The number of carbonyl (C=O) groups excluding carboxylic acids is 2. The fourth-order valence-electron chi connectivity index (χ4n) is 7.47. The number of unbranched alkanes of at least 4 members (excludes halogenated alkanes) is 12. The Hall–Kier alpha value is -3.06. The van der Waals surface area contributed by atoms with E-state index in [0.717, 1.165) is 96.3 Å². The van der Waals surface area contributed by atoms with Gasteiger partial charge in [0.15, 0.2) is 18.7 Å². The summed E-state index contributed by atoms with van der Waals surface area (Å²) >= 11 is 0. The summed E-state index contributed by atoms with van der Waals surface area (Å²) in [4.78, 5) is 25.8. The minimum Gasteiger partial charge on any atom is -0.462 e. The molecule has 11 atom stereocenters. The Kier molecular flexibility index (Phi) is 35.6. The van der Waals surface area contributed by atoms with Crippen LogP contribution < -0.4 is 0 Å². The summed E-state index contributed by atoms with van der Waals surface area (Å²) in [5.41, 5.74) is 0. The molecular weight excluding hydrogens is 877 g/mol. The van der Waals surface area contributed by atoms with Crippen LogP contribution in [0, 0.1) is 0 Å². The fraction of sp³-hybridized carbons (Fsp3) is 0.736. The maximum absolute atomic E-state index is 13.0. The third-order valence-electron chi connectivity index (χ3n) is 11.7. The topological polar surface area (TPSA) is 231 Å². The number of carbonyl (C=O) groups is 2. The van der Waals surface area contributed by atoms with E-state index in [1.807, 2.05) is 0 Å². The van der Waals surface area contributed by atoms with E-state index < -0.39 is 99.3 Å². The van der Waals surface area contributed by atoms with Crippen molar-refractivity contribution in [1.82, 2.24) is 0 Å². The van der Waals surface area contributed by atoms with Gasteiger partial charge in [-0.2, -0.15) is 0 Å². The van der Waals surface area contributed by atoms with Gasteiger partial charge in [0.2, 0.25) is 0 Å². The Morgan fingerprint density at radius 2 is 0.926 bits per heavy atom. The maximum atomic E-state index is 13.0. The molecule has 2 saturated heterocycles. The predicted octanol–water partition coefficient (Wildman–Crippen LogP) is 7.04. The first-order valence-corrected chi connectivity index (χ1v) is 25.5. The maximum Gasteiger partial charge on any atom is 0.306 e. The van der Waals surface area contributed by atoms with E-state index in [2.05, 4.69) is 86.8 Å². The molecule has 68 heavy (non-hydrogen) atoms. The van der Waals surface area contributed by atoms with Crippen molar-refractivity contribution in [2.45, 2.75) is 223 Å². The Bertz CT molecular complexity index is 1460. The van der Waals surface area contributed by atoms with Crippen molar-refractivity contribution >= 4 is 11.9 Å². The van der Waals surface area contributed by atoms with Gasteiger partial charge in [0.1, 0.15) is 55.4 Å². The molecule has 2 fully saturated rings. The predicted molar refractivity (Wildman–Crippen MR) is 261 cm³/mol. The molecule has 390 valence electrons. The van der Waals surface area contributed by atoms with Gasteiger partial charge in [-0.15, -0.1) is 0 Å². The van der Waals surface area contributed by atoms with Crippen LogP contribution in [0.2, 0.25) is 0 Å². The van der Waals surface area contributed by atoms with Crippen LogP contribution in [0.5, 0.6) is 0 Å². The molecule has 0 aromatic carbocycles. The lowest BCUT2D eigenvalue weighted by molar-refractivity contribution is -0.332. The van der Waals surface area contributed by atoms with Crippen LogP contribution >= 0.6 is 0 Å². The minimum atomic E-state index is -1.78. The molecule has 0 spiro atoms. The van der Waals surface area contributed by atoms with Gasteiger partial charge in [-0.3, -0.25) is 9.59 Å². The third kappa shape index (κ3) is 27.4. The molecule has 2 aliphatic rings. The summed E-state index contributed by atoms with van der Waals surface area (Å²) in [5.74, 6) is -0.977. The lowest BCUT2D eigenvalue weighted by Gasteiger charge is -2.42. The van der Waals surface area contributed by atoms with Crippen LogP contribution in [0.1, 0.15) is 155 Å². The Morgan fingerprint density at radius 3 is 1.46 bits per heavy atom. The number of aliphatic hydroxyl groups is 7. The fourth-order valence-corrected chi connectivity index (χ4v) is 7.47. The molecule has 0 aliphatic carbocycles. The lowest BCUT2D eigenvalue weighted by atomic mass is 9.98. The quantitative estimate of drug-likeness (QED) is 0.0187. The first-order chi connectivity index (χ1) is 33.0. The van der Waals surface area contributed by atoms with Crippen molar-refractivity contribution in [3.8, 4) is 0 Å². The summed E-state index contributed by atoms with van der Waals surface area (Å²) in [7, 11) is 0. The zero-order chi connectivity index (χ0) is 49.6. The Balaban J connectivity index is 1.83. The number of esters is 2. The average Bonchev–Trinajstić information content (AvgIpc) is 3.33. The lowest BCUT2D eigenvalue weighted by Crippen LogP contribution is -2.61. The number of ether oxygens (including phenoxy) is 6. The Morgan fingerprint density at radius 1 is 0.485 bits per heavy atom. The van der Waals surface area contributed by atoms with E-state index in [4.69, 9.17) is 28.4 Å². The van der Waals surface area contributed by atoms with Crippen molar-refractivity contribution < 1.29 is 73.8 Å². The first kappa shape index (κ1) is 61.1. The zero-order valence-electron chi connectivity index (χ0n) is 41.1. The number of hydrogen-bond acceptors (Lipinski definition) is 15. The van der Waals surface area contributed by atoms with Gasteiger partial charge in [-0.1, -0.05) is 132 Å². The highest BCUT2D eigenvalue weighted by Crippen LogP contribution is 2.26. The molecule has 0 amide bonds. The molecule has 15 nitrogen and oxygen atoms in total. The third-order valence-corrected chi connectivity index (χ3v) is 11.7. The van der Waals surface area contributed by atoms with E-state index in [9.17, 15) is 45.3 Å². The summed E-state index contributed by atoms with van der Waals surface area (Å²) in [5, 5.41) is 72.1. The number of allylic oxidation sites excluding steroid dienone is 12. The van der Waals surface area contributed by atoms with Crippen molar-refractivity contribution in [1.29, 1.82) is 0 Å². The summed E-state index contributed by atoms with van der Waals surface area (Å²) < 4.78 is 33.5. The molecule has 15 heteroatoms. The zero-order valence-corrected chi connectivity index (χ0v) is 41.1. The van der Waals surface area contributed by atoms with Crippen molar-refractivity contribution in [3.63, 3.8) is 0 Å². The van der Waals surface area contributed by atoms with Crippen LogP contribution in [0.3, 0.4) is 0 Å². The molecular formula is C53H88O15. The molecule has 0 bridgehead atoms. The van der Waals surface area contributed by atoms with E-state index in [1.165, 1.54) is 19.3 Å². The molecule has 2 rings (SSSR count). The monoisotopic (exact) mass is 965 g/mol. The van der Waals surface area contributed by atoms with E-state index in [1.54, 1.807) is 0 Å². The molecule has 0 radical (unpaired) electrons. The van der Waals surface area contributed by atoms with Crippen molar-refractivity contribution in [2.24, 2.45) is 0 Å². The summed E-state index contributed by atoms with van der Waals surface area (Å²) in [6, 6.07) is 0. The smallest absolute Gasteiger partial charge is 0.306 e. The first-order valence-electron chi connectivity index (χ1n) is 25.5. The molecule has 4 unspecified atom stereocenters. The molecule has 7 N–H and O–H groups in total. The molecule has 0 aromatic rings. The second-order valence-electron chi connectivity index (χ2n) is 17.6. The van der Waals surface area contributed by atoms with Gasteiger partial charge < -0.3 is 64.2 Å². The van der Waals surface area contributed by atoms with Gasteiger partial charge in [-0.05, 0) is 83.5 Å². The minimum absolute atomic E-state index is 0.137. The number of rotatable bonds is 38. The molecule has 2 heterocycles. The van der Waals surface area contributed by atoms with E-state index >= 15 is 0 Å².